The van der Waals surface area contributed by atoms with Crippen molar-refractivity contribution in [2.24, 2.45) is 5.92 Å². The molecule has 0 saturated heterocycles. The number of benzene rings is 1. The van der Waals surface area contributed by atoms with Gasteiger partial charge in [0.1, 0.15) is 11.4 Å². The molecule has 1 saturated carbocycles. The summed E-state index contributed by atoms with van der Waals surface area (Å²) in [5.41, 5.74) is -0.677. The maximum atomic E-state index is 13.0. The van der Waals surface area contributed by atoms with Crippen LogP contribution in [-0.2, 0) is 0 Å². The van der Waals surface area contributed by atoms with Gasteiger partial charge in [-0.3, -0.25) is 14.9 Å². The first-order valence-corrected chi connectivity index (χ1v) is 6.87. The van der Waals surface area contributed by atoms with E-state index in [0.29, 0.717) is 19.4 Å². The molecule has 2 N–H and O–H groups in total. The Morgan fingerprint density at radius 1 is 1.38 bits per heavy atom. The van der Waals surface area contributed by atoms with Crippen molar-refractivity contribution in [1.29, 1.82) is 0 Å². The lowest BCUT2D eigenvalue weighted by molar-refractivity contribution is -0.385. The first-order chi connectivity index (χ1) is 9.97. The number of rotatable bonds is 4. The normalized spacial score (nSPS) is 21.8. The molecule has 21 heavy (non-hydrogen) atoms. The highest BCUT2D eigenvalue weighted by Gasteiger charge is 2.23. The molecule has 0 aliphatic heterocycles. The van der Waals surface area contributed by atoms with Crippen LogP contribution in [0.1, 0.15) is 36.0 Å². The van der Waals surface area contributed by atoms with Crippen LogP contribution in [0.15, 0.2) is 18.2 Å². The molecule has 6 nitrogen and oxygen atoms in total. The number of hydrogen-bond acceptors (Lipinski definition) is 4. The SMILES string of the molecule is O=C(NCC1CCC(O)CC1)c1ccc(F)cc1[N+](=O)[O-]. The summed E-state index contributed by atoms with van der Waals surface area (Å²) in [4.78, 5) is 22.1. The van der Waals surface area contributed by atoms with Gasteiger partial charge in [-0.1, -0.05) is 0 Å². The van der Waals surface area contributed by atoms with E-state index in [-0.39, 0.29) is 17.6 Å². The van der Waals surface area contributed by atoms with Crippen molar-refractivity contribution in [3.8, 4) is 0 Å². The second-order valence-corrected chi connectivity index (χ2v) is 5.30. The minimum absolute atomic E-state index is 0.141. The van der Waals surface area contributed by atoms with Crippen LogP contribution in [0, 0.1) is 21.8 Å². The van der Waals surface area contributed by atoms with E-state index < -0.39 is 22.3 Å². The molecule has 0 unspecified atom stereocenters. The van der Waals surface area contributed by atoms with E-state index in [1.165, 1.54) is 0 Å². The van der Waals surface area contributed by atoms with Crippen molar-refractivity contribution in [1.82, 2.24) is 5.32 Å². The summed E-state index contributed by atoms with van der Waals surface area (Å²) in [5, 5.41) is 22.9. The number of amides is 1. The van der Waals surface area contributed by atoms with E-state index in [1.54, 1.807) is 0 Å². The largest absolute Gasteiger partial charge is 0.393 e. The standard InChI is InChI=1S/C14H17FN2O4/c15-10-3-6-12(13(7-10)17(20)21)14(19)16-8-9-1-4-11(18)5-2-9/h3,6-7,9,11,18H,1-2,4-5,8H2,(H,16,19). The average molecular weight is 296 g/mol. The molecule has 0 aromatic heterocycles. The molecule has 114 valence electrons. The fraction of sp³-hybridized carbons (Fsp3) is 0.500. The van der Waals surface area contributed by atoms with E-state index in [0.717, 1.165) is 31.0 Å². The van der Waals surface area contributed by atoms with Gasteiger partial charge in [-0.2, -0.15) is 0 Å². The predicted molar refractivity (Wildman–Crippen MR) is 73.4 cm³/mol. The van der Waals surface area contributed by atoms with Gasteiger partial charge < -0.3 is 10.4 Å². The third-order valence-electron chi connectivity index (χ3n) is 3.77. The summed E-state index contributed by atoms with van der Waals surface area (Å²) in [7, 11) is 0. The summed E-state index contributed by atoms with van der Waals surface area (Å²) in [5.74, 6) is -1.07. The molecule has 1 fully saturated rings. The number of hydrogen-bond donors (Lipinski definition) is 2. The zero-order valence-corrected chi connectivity index (χ0v) is 11.4. The molecule has 0 atom stereocenters. The second-order valence-electron chi connectivity index (χ2n) is 5.30. The van der Waals surface area contributed by atoms with E-state index in [1.807, 2.05) is 0 Å². The summed E-state index contributed by atoms with van der Waals surface area (Å²) < 4.78 is 13.0. The maximum Gasteiger partial charge on any atom is 0.285 e. The van der Waals surface area contributed by atoms with Crippen molar-refractivity contribution < 1.29 is 19.2 Å². The molecule has 0 heterocycles. The number of nitro groups is 1. The monoisotopic (exact) mass is 296 g/mol. The zero-order valence-electron chi connectivity index (χ0n) is 11.4. The van der Waals surface area contributed by atoms with E-state index in [9.17, 15) is 24.4 Å². The number of carbonyl (C=O) groups is 1. The smallest absolute Gasteiger partial charge is 0.285 e. The summed E-state index contributed by atoms with van der Waals surface area (Å²) >= 11 is 0. The quantitative estimate of drug-likeness (QED) is 0.656. The Labute approximate surface area is 121 Å². The van der Waals surface area contributed by atoms with Gasteiger partial charge in [-0.05, 0) is 43.7 Å². The third-order valence-corrected chi connectivity index (χ3v) is 3.77. The highest BCUT2D eigenvalue weighted by Crippen LogP contribution is 2.24. The van der Waals surface area contributed by atoms with Crippen LogP contribution < -0.4 is 5.32 Å². The lowest BCUT2D eigenvalue weighted by Gasteiger charge is -2.25. The number of aliphatic hydroxyl groups is 1. The van der Waals surface area contributed by atoms with Gasteiger partial charge in [0.2, 0.25) is 0 Å². The molecular formula is C14H17FN2O4. The van der Waals surface area contributed by atoms with E-state index in [4.69, 9.17) is 0 Å². The van der Waals surface area contributed by atoms with Gasteiger partial charge in [-0.25, -0.2) is 4.39 Å². The Balaban J connectivity index is 1.99. The molecule has 0 spiro atoms. The fourth-order valence-electron chi connectivity index (χ4n) is 2.53. The van der Waals surface area contributed by atoms with Gasteiger partial charge in [0.25, 0.3) is 11.6 Å². The molecule has 1 aliphatic rings. The van der Waals surface area contributed by atoms with Crippen LogP contribution in [0.3, 0.4) is 0 Å². The number of nitrogens with zero attached hydrogens (tertiary/aromatic N) is 1. The predicted octanol–water partition coefficient (Wildman–Crippen LogP) is 2.01. The zero-order chi connectivity index (χ0) is 15.4. The Bertz CT molecular complexity index is 542. The number of carbonyl (C=O) groups excluding carboxylic acids is 1. The highest BCUT2D eigenvalue weighted by atomic mass is 19.1. The van der Waals surface area contributed by atoms with Crippen molar-refractivity contribution in [2.45, 2.75) is 31.8 Å². The molecule has 1 amide bonds. The number of aliphatic hydroxyl groups excluding tert-OH is 1. The summed E-state index contributed by atoms with van der Waals surface area (Å²) in [6.07, 6.45) is 2.77. The first kappa shape index (κ1) is 15.4. The van der Waals surface area contributed by atoms with Crippen LogP contribution in [0.2, 0.25) is 0 Å². The van der Waals surface area contributed by atoms with Crippen LogP contribution in [0.4, 0.5) is 10.1 Å². The lowest BCUT2D eigenvalue weighted by atomic mass is 9.87. The number of halogens is 1. The lowest BCUT2D eigenvalue weighted by Crippen LogP contribution is -2.32. The fourth-order valence-corrected chi connectivity index (χ4v) is 2.53. The Hall–Kier alpha value is -2.02. The Morgan fingerprint density at radius 3 is 2.67 bits per heavy atom. The third kappa shape index (κ3) is 3.98. The molecule has 1 aliphatic carbocycles. The molecular weight excluding hydrogens is 279 g/mol. The van der Waals surface area contributed by atoms with Gasteiger partial charge in [0.05, 0.1) is 17.1 Å². The van der Waals surface area contributed by atoms with Gasteiger partial charge in [-0.15, -0.1) is 0 Å². The Morgan fingerprint density at radius 2 is 2.05 bits per heavy atom. The van der Waals surface area contributed by atoms with E-state index >= 15 is 0 Å². The molecule has 2 rings (SSSR count). The van der Waals surface area contributed by atoms with Crippen molar-refractivity contribution >= 4 is 11.6 Å². The van der Waals surface area contributed by atoms with Gasteiger partial charge >= 0.3 is 0 Å². The second kappa shape index (κ2) is 6.62. The number of nitrogens with one attached hydrogen (secondary N) is 1. The summed E-state index contributed by atoms with van der Waals surface area (Å²) in [6, 6.07) is 2.89. The van der Waals surface area contributed by atoms with Crippen molar-refractivity contribution in [2.75, 3.05) is 6.54 Å². The van der Waals surface area contributed by atoms with Crippen LogP contribution >= 0.6 is 0 Å². The Kier molecular flexibility index (Phi) is 4.85. The summed E-state index contributed by atoms with van der Waals surface area (Å²) in [6.45, 7) is 0.403. The van der Waals surface area contributed by atoms with Crippen LogP contribution in [0.5, 0.6) is 0 Å². The maximum absolute atomic E-state index is 13.0. The van der Waals surface area contributed by atoms with Gasteiger partial charge in [0.15, 0.2) is 0 Å². The number of nitro benzene ring substituents is 1. The van der Waals surface area contributed by atoms with Crippen LogP contribution in [0.25, 0.3) is 0 Å². The molecule has 1 aromatic rings. The average Bonchev–Trinajstić information content (AvgIpc) is 2.46. The van der Waals surface area contributed by atoms with Crippen molar-refractivity contribution in [3.63, 3.8) is 0 Å². The minimum Gasteiger partial charge on any atom is -0.393 e. The first-order valence-electron chi connectivity index (χ1n) is 6.87. The van der Waals surface area contributed by atoms with Crippen LogP contribution in [-0.4, -0.2) is 28.6 Å². The van der Waals surface area contributed by atoms with Gasteiger partial charge in [0, 0.05) is 6.54 Å². The highest BCUT2D eigenvalue weighted by molar-refractivity contribution is 5.98. The minimum atomic E-state index is -0.769. The van der Waals surface area contributed by atoms with E-state index in [2.05, 4.69) is 5.32 Å². The molecule has 0 bridgehead atoms. The van der Waals surface area contributed by atoms with Crippen molar-refractivity contribution in [3.05, 3.63) is 39.7 Å². The topological polar surface area (TPSA) is 92.5 Å². The molecule has 1 aromatic carbocycles. The molecule has 7 heteroatoms. The molecule has 0 radical (unpaired) electrons.